The van der Waals surface area contributed by atoms with E-state index >= 15 is 0 Å². The number of para-hydroxylation sites is 1. The van der Waals surface area contributed by atoms with Crippen molar-refractivity contribution in [3.8, 4) is 0 Å². The van der Waals surface area contributed by atoms with Crippen LogP contribution < -0.4 is 5.73 Å². The van der Waals surface area contributed by atoms with E-state index in [4.69, 9.17) is 10.5 Å². The molecule has 1 amide bonds. The van der Waals surface area contributed by atoms with Crippen molar-refractivity contribution in [3.05, 3.63) is 95.6 Å². The Labute approximate surface area is 194 Å². The van der Waals surface area contributed by atoms with Crippen LogP contribution in [0.2, 0.25) is 0 Å². The van der Waals surface area contributed by atoms with E-state index in [1.54, 1.807) is 48.5 Å². The highest BCUT2D eigenvalue weighted by Crippen LogP contribution is 2.36. The number of hydrogen-bond acceptors (Lipinski definition) is 5. The van der Waals surface area contributed by atoms with E-state index in [9.17, 15) is 23.5 Å². The Morgan fingerprint density at radius 1 is 1.00 bits per heavy atom. The summed E-state index contributed by atoms with van der Waals surface area (Å²) in [6.07, 6.45) is -1.31. The van der Waals surface area contributed by atoms with Gasteiger partial charge in [-0.05, 0) is 54.3 Å². The zero-order chi connectivity index (χ0) is 24.0. The molecule has 0 saturated heterocycles. The van der Waals surface area contributed by atoms with Crippen molar-refractivity contribution in [2.45, 2.75) is 30.4 Å². The lowest BCUT2D eigenvalue weighted by Gasteiger charge is -2.36. The maximum Gasteiger partial charge on any atom is 0.421 e. The maximum atomic E-state index is 13.8. The summed E-state index contributed by atoms with van der Waals surface area (Å²) in [5.41, 5.74) is 5.17. The van der Waals surface area contributed by atoms with Gasteiger partial charge in [-0.2, -0.15) is 0 Å². The molecule has 0 unspecified atom stereocenters. The number of aliphatic carboxylic acids is 1. The molecule has 0 saturated carbocycles. The minimum absolute atomic E-state index is 0.0693. The van der Waals surface area contributed by atoms with Crippen molar-refractivity contribution in [2.75, 3.05) is 5.73 Å². The molecule has 1 atom stereocenters. The predicted molar refractivity (Wildman–Crippen MR) is 121 cm³/mol. The number of ether oxygens (including phenoxy) is 1. The molecule has 0 bridgehead atoms. The summed E-state index contributed by atoms with van der Waals surface area (Å²) in [7, 11) is 0. The van der Waals surface area contributed by atoms with Crippen LogP contribution in [0.4, 0.5) is 19.3 Å². The van der Waals surface area contributed by atoms with Gasteiger partial charge in [-0.1, -0.05) is 42.5 Å². The topological polar surface area (TPSA) is 92.9 Å². The second-order valence-corrected chi connectivity index (χ2v) is 8.48. The number of nitrogen functional groups attached to an aromatic ring is 1. The molecule has 0 spiro atoms. The number of carboxylic acid groups (broad SMARTS) is 1. The van der Waals surface area contributed by atoms with Crippen LogP contribution in [-0.4, -0.2) is 27.0 Å². The van der Waals surface area contributed by atoms with E-state index in [1.165, 1.54) is 6.92 Å². The predicted octanol–water partition coefficient (Wildman–Crippen LogP) is 5.28. The van der Waals surface area contributed by atoms with Crippen LogP contribution in [0.25, 0.3) is 0 Å². The molecule has 3 aromatic carbocycles. The van der Waals surface area contributed by atoms with E-state index < -0.39 is 29.2 Å². The number of rotatable bonds is 8. The zero-order valence-corrected chi connectivity index (χ0v) is 18.5. The number of anilines is 1. The van der Waals surface area contributed by atoms with Crippen molar-refractivity contribution in [2.24, 2.45) is 0 Å². The van der Waals surface area contributed by atoms with Crippen LogP contribution in [0, 0.1) is 11.6 Å². The van der Waals surface area contributed by atoms with Crippen LogP contribution in [-0.2, 0) is 22.6 Å². The maximum absolute atomic E-state index is 13.8. The van der Waals surface area contributed by atoms with Gasteiger partial charge in [-0.15, -0.1) is 0 Å². The van der Waals surface area contributed by atoms with Gasteiger partial charge in [0.1, 0.15) is 18.2 Å². The summed E-state index contributed by atoms with van der Waals surface area (Å²) in [6, 6.07) is 18.2. The third-order valence-electron chi connectivity index (χ3n) is 4.86. The fourth-order valence-corrected chi connectivity index (χ4v) is 4.11. The number of benzene rings is 3. The molecule has 172 valence electrons. The number of amides is 1. The van der Waals surface area contributed by atoms with Gasteiger partial charge in [-0.3, -0.25) is 0 Å². The van der Waals surface area contributed by atoms with Crippen LogP contribution in [0.5, 0.6) is 0 Å². The SMILES string of the molecule is C[C@](Cc1cc(F)cc(F)c1)(C(=O)O)N(Sc1ccccc1N)C(=O)OCc1ccccc1. The first-order chi connectivity index (χ1) is 15.7. The Morgan fingerprint density at radius 3 is 2.21 bits per heavy atom. The van der Waals surface area contributed by atoms with Gasteiger partial charge >= 0.3 is 12.1 Å². The summed E-state index contributed by atoms with van der Waals surface area (Å²) >= 11 is 0.787. The van der Waals surface area contributed by atoms with Gasteiger partial charge in [0, 0.05) is 18.2 Å². The minimum atomic E-state index is -1.93. The van der Waals surface area contributed by atoms with Crippen LogP contribution in [0.1, 0.15) is 18.1 Å². The van der Waals surface area contributed by atoms with Crippen molar-refractivity contribution in [1.29, 1.82) is 0 Å². The van der Waals surface area contributed by atoms with E-state index in [0.29, 0.717) is 22.2 Å². The second-order valence-electron chi connectivity index (χ2n) is 7.50. The van der Waals surface area contributed by atoms with Gasteiger partial charge < -0.3 is 15.6 Å². The standard InChI is InChI=1S/C24H22F2N2O4S/c1-24(22(29)30,14-17-11-18(25)13-19(26)12-17)28(33-21-10-6-5-9-20(21)27)23(31)32-15-16-7-3-2-4-8-16/h2-13H,14-15,27H2,1H3,(H,29,30)/t24-/m0/s1. The van der Waals surface area contributed by atoms with E-state index in [0.717, 1.165) is 28.4 Å². The Hall–Kier alpha value is -3.59. The Morgan fingerprint density at radius 2 is 1.61 bits per heavy atom. The second kappa shape index (κ2) is 10.4. The fraction of sp³-hybridized carbons (Fsp3) is 0.167. The Kier molecular flexibility index (Phi) is 7.55. The lowest BCUT2D eigenvalue weighted by Crippen LogP contribution is -2.53. The average Bonchev–Trinajstić information content (AvgIpc) is 2.76. The summed E-state index contributed by atoms with van der Waals surface area (Å²) in [6.45, 7) is 1.19. The van der Waals surface area contributed by atoms with Crippen molar-refractivity contribution >= 4 is 29.7 Å². The van der Waals surface area contributed by atoms with Crippen LogP contribution in [0.15, 0.2) is 77.7 Å². The number of carbonyl (C=O) groups excluding carboxylic acids is 1. The van der Waals surface area contributed by atoms with E-state index in [1.807, 2.05) is 6.07 Å². The smallest absolute Gasteiger partial charge is 0.421 e. The summed E-state index contributed by atoms with van der Waals surface area (Å²) in [5, 5.41) is 10.1. The number of halogens is 2. The molecule has 9 heteroatoms. The lowest BCUT2D eigenvalue weighted by molar-refractivity contribution is -0.146. The Bertz CT molecular complexity index is 1130. The van der Waals surface area contributed by atoms with E-state index in [2.05, 4.69) is 0 Å². The summed E-state index contributed by atoms with van der Waals surface area (Å²) < 4.78 is 33.9. The van der Waals surface area contributed by atoms with Crippen LogP contribution >= 0.6 is 11.9 Å². The monoisotopic (exact) mass is 472 g/mol. The zero-order valence-electron chi connectivity index (χ0n) is 17.7. The first-order valence-electron chi connectivity index (χ1n) is 9.91. The lowest BCUT2D eigenvalue weighted by atomic mass is 9.93. The molecular formula is C24H22F2N2O4S. The molecule has 0 aliphatic carbocycles. The highest BCUT2D eigenvalue weighted by Gasteiger charge is 2.45. The Balaban J connectivity index is 1.97. The molecule has 0 radical (unpaired) electrons. The first kappa shape index (κ1) is 24.1. The molecule has 0 aliphatic heterocycles. The molecule has 3 rings (SSSR count). The van der Waals surface area contributed by atoms with Gasteiger partial charge in [0.05, 0.1) is 4.90 Å². The molecule has 0 heterocycles. The normalized spacial score (nSPS) is 12.6. The van der Waals surface area contributed by atoms with Gasteiger partial charge in [-0.25, -0.2) is 22.7 Å². The highest BCUT2D eigenvalue weighted by atomic mass is 32.2. The summed E-state index contributed by atoms with van der Waals surface area (Å²) in [4.78, 5) is 26.0. The highest BCUT2D eigenvalue weighted by molar-refractivity contribution is 7.97. The largest absolute Gasteiger partial charge is 0.479 e. The van der Waals surface area contributed by atoms with Crippen LogP contribution in [0.3, 0.4) is 0 Å². The minimum Gasteiger partial charge on any atom is -0.479 e. The van der Waals surface area contributed by atoms with Crippen molar-refractivity contribution in [1.82, 2.24) is 4.31 Å². The van der Waals surface area contributed by atoms with Crippen molar-refractivity contribution < 1.29 is 28.2 Å². The number of nitrogens with two attached hydrogens (primary N) is 1. The molecule has 33 heavy (non-hydrogen) atoms. The van der Waals surface area contributed by atoms with Gasteiger partial charge in [0.15, 0.2) is 5.54 Å². The number of carbonyl (C=O) groups is 2. The van der Waals surface area contributed by atoms with Crippen molar-refractivity contribution in [3.63, 3.8) is 0 Å². The molecule has 6 nitrogen and oxygen atoms in total. The molecule has 3 N–H and O–H groups in total. The fourth-order valence-electron chi connectivity index (χ4n) is 3.12. The molecule has 3 aromatic rings. The molecule has 0 aliphatic rings. The van der Waals surface area contributed by atoms with Gasteiger partial charge in [0.25, 0.3) is 0 Å². The van der Waals surface area contributed by atoms with Gasteiger partial charge in [0.2, 0.25) is 0 Å². The number of nitrogens with zero attached hydrogens (tertiary/aromatic N) is 1. The molecule has 0 aromatic heterocycles. The quantitative estimate of drug-likeness (QED) is 0.342. The summed E-state index contributed by atoms with van der Waals surface area (Å²) in [5.74, 6) is -3.09. The van der Waals surface area contributed by atoms with E-state index in [-0.39, 0.29) is 18.6 Å². The first-order valence-corrected chi connectivity index (χ1v) is 10.7. The average molecular weight is 473 g/mol. The number of carboxylic acids is 1. The molecular weight excluding hydrogens is 450 g/mol. The third kappa shape index (κ3) is 6.01. The third-order valence-corrected chi connectivity index (χ3v) is 6.16. The number of hydrogen-bond donors (Lipinski definition) is 2. The molecule has 0 fully saturated rings.